The molecule has 0 aliphatic rings. The van der Waals surface area contributed by atoms with Crippen molar-refractivity contribution in [2.45, 2.75) is 0 Å². The van der Waals surface area contributed by atoms with Crippen LogP contribution in [0.1, 0.15) is 0 Å². The van der Waals surface area contributed by atoms with Crippen LogP contribution < -0.4 is 0 Å². The molecule has 0 amide bonds. The van der Waals surface area contributed by atoms with Crippen molar-refractivity contribution in [2.24, 2.45) is 0 Å². The average molecular weight is 374 g/mol. The van der Waals surface area contributed by atoms with Crippen LogP contribution in [0.15, 0.2) is 75.9 Å². The predicted octanol–water partition coefficient (Wildman–Crippen LogP) is 0.935. The Hall–Kier alpha value is -3.46. The molecule has 0 atom stereocenters. The summed E-state index contributed by atoms with van der Waals surface area (Å²) >= 11 is 0. The number of aliphatic carboxylic acids is 4. The summed E-state index contributed by atoms with van der Waals surface area (Å²) in [5.74, 6) is -3.93. The molecule has 0 unspecified atom stereocenters. The maximum Gasteiger partial charge on any atom is 0.327 e. The van der Waals surface area contributed by atoms with Gasteiger partial charge in [0.25, 0.3) is 0 Å². The lowest BCUT2D eigenvalue weighted by atomic mass is 10.6. The summed E-state index contributed by atoms with van der Waals surface area (Å²) in [6.07, 6.45) is 6.61. The number of allylic oxidation sites excluding steroid dienone is 2. The van der Waals surface area contributed by atoms with Crippen molar-refractivity contribution in [1.29, 1.82) is 0 Å². The first-order chi connectivity index (χ1) is 11.0. The Balaban J connectivity index is -0.0000000448. The Morgan fingerprint density at radius 2 is 0.560 bits per heavy atom. The molecule has 0 rings (SSSR count). The van der Waals surface area contributed by atoms with Crippen molar-refractivity contribution in [1.82, 2.24) is 0 Å². The van der Waals surface area contributed by atoms with Crippen LogP contribution in [0.2, 0.25) is 0 Å². The Labute approximate surface area is 151 Å². The second-order valence-corrected chi connectivity index (χ2v) is 2.64. The predicted molar refractivity (Wildman–Crippen MR) is 103 cm³/mol. The molecule has 0 aromatic heterocycles. The van der Waals surface area contributed by atoms with E-state index in [-0.39, 0.29) is 11.0 Å². The molecule has 25 heavy (non-hydrogen) atoms. The van der Waals surface area contributed by atoms with Gasteiger partial charge in [-0.25, -0.2) is 19.2 Å². The number of hydrogen-bond acceptors (Lipinski definition) is 4. The Bertz CT molecular complexity index is 375. The van der Waals surface area contributed by atoms with Crippen molar-refractivity contribution < 1.29 is 39.6 Å². The highest BCUT2D eigenvalue weighted by Gasteiger charge is 1.74. The van der Waals surface area contributed by atoms with Gasteiger partial charge in [0.1, 0.15) is 0 Å². The van der Waals surface area contributed by atoms with E-state index in [0.29, 0.717) is 0 Å². The van der Waals surface area contributed by atoms with E-state index >= 15 is 0 Å². The fourth-order valence-electron chi connectivity index (χ4n) is 0. The lowest BCUT2D eigenvalue weighted by molar-refractivity contribution is -0.132. The third-order valence-electron chi connectivity index (χ3n) is 0.865. The molecular formula is C16H26O8Si. The van der Waals surface area contributed by atoms with Crippen molar-refractivity contribution in [2.75, 3.05) is 0 Å². The van der Waals surface area contributed by atoms with Crippen molar-refractivity contribution in [3.8, 4) is 0 Å². The summed E-state index contributed by atoms with van der Waals surface area (Å²) in [6, 6.07) is 0. The average Bonchev–Trinajstić information content (AvgIpc) is 2.56. The molecule has 0 saturated carbocycles. The molecule has 0 spiro atoms. The Morgan fingerprint density at radius 3 is 0.560 bits per heavy atom. The van der Waals surface area contributed by atoms with Crippen LogP contribution in [0, 0.1) is 0 Å². The summed E-state index contributed by atoms with van der Waals surface area (Å²) < 4.78 is 0. The van der Waals surface area contributed by atoms with E-state index in [1.165, 1.54) is 0 Å². The molecule has 0 radical (unpaired) electrons. The van der Waals surface area contributed by atoms with E-state index < -0.39 is 23.9 Å². The third-order valence-corrected chi connectivity index (χ3v) is 0.865. The van der Waals surface area contributed by atoms with E-state index in [9.17, 15) is 19.2 Å². The van der Waals surface area contributed by atoms with Gasteiger partial charge in [-0.1, -0.05) is 51.6 Å². The highest BCUT2D eigenvalue weighted by Crippen LogP contribution is 1.56. The Morgan fingerprint density at radius 1 is 0.480 bits per heavy atom. The van der Waals surface area contributed by atoms with Crippen molar-refractivity contribution >= 4 is 34.8 Å². The van der Waals surface area contributed by atoms with Gasteiger partial charge in [0.05, 0.1) is 0 Å². The number of carboxylic acid groups (broad SMARTS) is 4. The Kier molecular flexibility index (Phi) is 55.8. The first-order valence-corrected chi connectivity index (χ1v) is 5.65. The minimum absolute atomic E-state index is 0. The van der Waals surface area contributed by atoms with Gasteiger partial charge >= 0.3 is 23.9 Å². The van der Waals surface area contributed by atoms with Crippen molar-refractivity contribution in [3.05, 3.63) is 75.9 Å². The number of rotatable bonds is 5. The van der Waals surface area contributed by atoms with Crippen LogP contribution >= 0.6 is 0 Å². The van der Waals surface area contributed by atoms with Gasteiger partial charge in [-0.3, -0.25) is 0 Å². The minimum Gasteiger partial charge on any atom is -0.478 e. The quantitative estimate of drug-likeness (QED) is 0.315. The molecule has 0 heterocycles. The van der Waals surface area contributed by atoms with Gasteiger partial charge in [0.2, 0.25) is 0 Å². The zero-order valence-corrected chi connectivity index (χ0v) is 13.1. The SMILES string of the molecule is C=CC(=O)O.C=CC(=O)O.C=CC(=O)O.C=CC(=O)O.C=CC=C.[SiH4]. The molecule has 0 aromatic carbocycles. The van der Waals surface area contributed by atoms with E-state index in [1.807, 2.05) is 0 Å². The first kappa shape index (κ1) is 37.6. The van der Waals surface area contributed by atoms with Gasteiger partial charge in [0, 0.05) is 24.3 Å². The fourth-order valence-corrected chi connectivity index (χ4v) is 0. The highest BCUT2D eigenvalue weighted by atomic mass is 28.1. The normalized spacial score (nSPS) is 5.92. The molecule has 0 aliphatic carbocycles. The molecule has 0 saturated heterocycles. The maximum atomic E-state index is 9.25. The van der Waals surface area contributed by atoms with Crippen LogP contribution in [0.25, 0.3) is 0 Å². The monoisotopic (exact) mass is 374 g/mol. The van der Waals surface area contributed by atoms with Crippen LogP contribution in [-0.2, 0) is 19.2 Å². The maximum absolute atomic E-state index is 9.25. The summed E-state index contributed by atoms with van der Waals surface area (Å²) in [5, 5.41) is 30.4. The summed E-state index contributed by atoms with van der Waals surface area (Å²) in [4.78, 5) is 37.0. The molecule has 4 N–H and O–H groups in total. The van der Waals surface area contributed by atoms with Gasteiger partial charge in [-0.2, -0.15) is 0 Å². The molecule has 142 valence electrons. The molecular weight excluding hydrogens is 348 g/mol. The third kappa shape index (κ3) is 230. The zero-order valence-electron chi connectivity index (χ0n) is 13.1. The second kappa shape index (κ2) is 37.1. The summed E-state index contributed by atoms with van der Waals surface area (Å²) in [7, 11) is 0. The molecule has 9 heteroatoms. The lowest BCUT2D eigenvalue weighted by Crippen LogP contribution is -1.82. The first-order valence-electron chi connectivity index (χ1n) is 5.65. The largest absolute Gasteiger partial charge is 0.478 e. The smallest absolute Gasteiger partial charge is 0.327 e. The van der Waals surface area contributed by atoms with E-state index in [2.05, 4.69) is 39.5 Å². The zero-order chi connectivity index (χ0) is 20.6. The second-order valence-electron chi connectivity index (χ2n) is 2.64. The number of carboxylic acids is 4. The van der Waals surface area contributed by atoms with Gasteiger partial charge in [-0.15, -0.1) is 0 Å². The standard InChI is InChI=1S/C4H6.4C3H4O2.H4Si/c1-3-4-2;4*1-2-3(4)5;/h3-4H,1-2H2;4*2H,1H2,(H,4,5);1H4. The van der Waals surface area contributed by atoms with E-state index in [4.69, 9.17) is 20.4 Å². The van der Waals surface area contributed by atoms with Gasteiger partial charge in [-0.05, 0) is 11.0 Å². The number of hydrogen-bond donors (Lipinski definition) is 4. The minimum atomic E-state index is -0.981. The molecule has 0 bridgehead atoms. The van der Waals surface area contributed by atoms with Crippen molar-refractivity contribution in [3.63, 3.8) is 0 Å². The highest BCUT2D eigenvalue weighted by molar-refractivity contribution is 5.79. The van der Waals surface area contributed by atoms with E-state index in [1.54, 1.807) is 12.2 Å². The van der Waals surface area contributed by atoms with E-state index in [0.717, 1.165) is 24.3 Å². The molecule has 0 aromatic rings. The fraction of sp³-hybridized carbons (Fsp3) is 0. The number of carbonyl (C=O) groups is 4. The molecule has 0 aliphatic heterocycles. The van der Waals surface area contributed by atoms with Gasteiger partial charge in [0.15, 0.2) is 0 Å². The lowest BCUT2D eigenvalue weighted by Gasteiger charge is -1.64. The molecule has 0 fully saturated rings. The van der Waals surface area contributed by atoms with Crippen LogP contribution in [0.3, 0.4) is 0 Å². The van der Waals surface area contributed by atoms with Gasteiger partial charge < -0.3 is 20.4 Å². The summed E-state index contributed by atoms with van der Waals surface area (Å²) in [6.45, 7) is 18.6. The summed E-state index contributed by atoms with van der Waals surface area (Å²) in [5.41, 5.74) is 0. The topological polar surface area (TPSA) is 149 Å². The van der Waals surface area contributed by atoms with Crippen LogP contribution in [-0.4, -0.2) is 55.3 Å². The van der Waals surface area contributed by atoms with Crippen LogP contribution in [0.5, 0.6) is 0 Å². The molecule has 8 nitrogen and oxygen atoms in total. The van der Waals surface area contributed by atoms with Crippen LogP contribution in [0.4, 0.5) is 0 Å².